The highest BCUT2D eigenvalue weighted by Gasteiger charge is 2.06. The van der Waals surface area contributed by atoms with E-state index in [1.807, 2.05) is 0 Å². The molecule has 0 saturated carbocycles. The van der Waals surface area contributed by atoms with E-state index in [1.165, 1.54) is 0 Å². The molecule has 2 aromatic carbocycles. The third kappa shape index (κ3) is 8.23. The fraction of sp³-hybridized carbons (Fsp3) is 0.364. The molecule has 0 radical (unpaired) electrons. The molecule has 156 valence electrons. The van der Waals surface area contributed by atoms with Crippen molar-refractivity contribution in [2.75, 3.05) is 44.0 Å². The van der Waals surface area contributed by atoms with Crippen molar-refractivity contribution < 1.29 is 19.1 Å². The summed E-state index contributed by atoms with van der Waals surface area (Å²) in [5.74, 6) is 0.467. The molecule has 2 amide bonds. The molecule has 0 aliphatic carbocycles. The number of ether oxygens (including phenoxy) is 2. The molecule has 3 N–H and O–H groups in total. The van der Waals surface area contributed by atoms with Gasteiger partial charge < -0.3 is 25.4 Å². The number of anilines is 2. The summed E-state index contributed by atoms with van der Waals surface area (Å²) in [6, 6.07) is 14.2. The summed E-state index contributed by atoms with van der Waals surface area (Å²) in [7, 11) is 1.62. The Morgan fingerprint density at radius 2 is 1.62 bits per heavy atom. The van der Waals surface area contributed by atoms with Gasteiger partial charge in [-0.05, 0) is 55.0 Å². The van der Waals surface area contributed by atoms with Crippen molar-refractivity contribution in [3.05, 3.63) is 54.1 Å². The van der Waals surface area contributed by atoms with Crippen LogP contribution < -0.4 is 20.7 Å². The number of rotatable bonds is 12. The van der Waals surface area contributed by atoms with Gasteiger partial charge >= 0.3 is 0 Å². The summed E-state index contributed by atoms with van der Waals surface area (Å²) >= 11 is 0. The van der Waals surface area contributed by atoms with E-state index in [9.17, 15) is 9.59 Å². The summed E-state index contributed by atoms with van der Waals surface area (Å²) in [6.45, 7) is 3.88. The van der Waals surface area contributed by atoms with Crippen molar-refractivity contribution in [2.45, 2.75) is 19.8 Å². The smallest absolute Gasteiger partial charge is 0.251 e. The number of nitrogens with one attached hydrogen (secondary N) is 3. The van der Waals surface area contributed by atoms with Crippen molar-refractivity contribution in [3.63, 3.8) is 0 Å². The SMILES string of the molecule is CCCCNC(=O)c1ccc(NCC(=O)Nc2ccc(OCCOC)cc2)cc1. The van der Waals surface area contributed by atoms with E-state index in [4.69, 9.17) is 9.47 Å². The average molecular weight is 399 g/mol. The number of unbranched alkanes of at least 4 members (excludes halogenated alkanes) is 1. The fourth-order valence-electron chi connectivity index (χ4n) is 2.49. The zero-order valence-electron chi connectivity index (χ0n) is 17.0. The molecular formula is C22H29N3O4. The molecular weight excluding hydrogens is 370 g/mol. The van der Waals surface area contributed by atoms with Gasteiger partial charge in [-0.1, -0.05) is 13.3 Å². The molecule has 0 aliphatic rings. The maximum atomic E-state index is 12.1. The standard InChI is InChI=1S/C22H29N3O4/c1-3-4-13-23-22(27)17-5-7-18(8-6-17)24-16-21(26)25-19-9-11-20(12-10-19)29-15-14-28-2/h5-12,24H,3-4,13-16H2,1-2H3,(H,23,27)(H,25,26). The Morgan fingerprint density at radius 1 is 0.931 bits per heavy atom. The molecule has 0 aliphatic heterocycles. The Balaban J connectivity index is 1.75. The van der Waals surface area contributed by atoms with Gasteiger partial charge in [-0.2, -0.15) is 0 Å². The first-order chi connectivity index (χ1) is 14.1. The number of carbonyl (C=O) groups excluding carboxylic acids is 2. The van der Waals surface area contributed by atoms with Crippen LogP contribution in [0.15, 0.2) is 48.5 Å². The van der Waals surface area contributed by atoms with Crippen LogP contribution in [0.1, 0.15) is 30.1 Å². The van der Waals surface area contributed by atoms with Gasteiger partial charge in [0.05, 0.1) is 13.2 Å². The molecule has 0 fully saturated rings. The molecule has 0 atom stereocenters. The molecule has 0 spiro atoms. The van der Waals surface area contributed by atoms with Gasteiger partial charge in [-0.15, -0.1) is 0 Å². The quantitative estimate of drug-likeness (QED) is 0.477. The minimum Gasteiger partial charge on any atom is -0.491 e. The number of amides is 2. The van der Waals surface area contributed by atoms with Crippen LogP contribution in [0.5, 0.6) is 5.75 Å². The van der Waals surface area contributed by atoms with Crippen molar-refractivity contribution in [1.29, 1.82) is 0 Å². The van der Waals surface area contributed by atoms with E-state index in [1.54, 1.807) is 55.6 Å². The Bertz CT molecular complexity index is 761. The molecule has 0 saturated heterocycles. The Hall–Kier alpha value is -3.06. The van der Waals surface area contributed by atoms with E-state index in [-0.39, 0.29) is 18.4 Å². The Labute approximate surface area is 171 Å². The third-order valence-corrected chi connectivity index (χ3v) is 4.11. The lowest BCUT2D eigenvalue weighted by molar-refractivity contribution is -0.114. The Kier molecular flexibility index (Phi) is 9.51. The Morgan fingerprint density at radius 3 is 2.28 bits per heavy atom. The van der Waals surface area contributed by atoms with Crippen LogP contribution in [0.4, 0.5) is 11.4 Å². The van der Waals surface area contributed by atoms with Crippen molar-refractivity contribution in [2.24, 2.45) is 0 Å². The molecule has 29 heavy (non-hydrogen) atoms. The minimum atomic E-state index is -0.167. The van der Waals surface area contributed by atoms with Crippen LogP contribution in [-0.2, 0) is 9.53 Å². The average Bonchev–Trinajstić information content (AvgIpc) is 2.74. The lowest BCUT2D eigenvalue weighted by Gasteiger charge is -2.10. The van der Waals surface area contributed by atoms with Gasteiger partial charge in [0.15, 0.2) is 0 Å². The first-order valence-electron chi connectivity index (χ1n) is 9.76. The largest absolute Gasteiger partial charge is 0.491 e. The summed E-state index contributed by atoms with van der Waals surface area (Å²) < 4.78 is 10.4. The zero-order valence-corrected chi connectivity index (χ0v) is 17.0. The molecule has 0 heterocycles. The highest BCUT2D eigenvalue weighted by Crippen LogP contribution is 2.16. The predicted molar refractivity (Wildman–Crippen MR) is 115 cm³/mol. The van der Waals surface area contributed by atoms with Crippen LogP contribution in [-0.4, -0.2) is 45.2 Å². The zero-order chi connectivity index (χ0) is 20.9. The van der Waals surface area contributed by atoms with Crippen molar-refractivity contribution in [3.8, 4) is 5.75 Å². The van der Waals surface area contributed by atoms with Crippen LogP contribution in [0.25, 0.3) is 0 Å². The molecule has 2 aromatic rings. The van der Waals surface area contributed by atoms with Gasteiger partial charge in [0.25, 0.3) is 5.91 Å². The van der Waals surface area contributed by atoms with E-state index >= 15 is 0 Å². The highest BCUT2D eigenvalue weighted by molar-refractivity contribution is 5.95. The number of benzene rings is 2. The van der Waals surface area contributed by atoms with Gasteiger partial charge in [0, 0.05) is 30.6 Å². The molecule has 0 unspecified atom stereocenters. The van der Waals surface area contributed by atoms with Gasteiger partial charge in [0.1, 0.15) is 12.4 Å². The molecule has 2 rings (SSSR count). The normalized spacial score (nSPS) is 10.3. The molecule has 0 aromatic heterocycles. The van der Waals surface area contributed by atoms with Gasteiger partial charge in [-0.3, -0.25) is 9.59 Å². The predicted octanol–water partition coefficient (Wildman–Crippen LogP) is 3.29. The molecule has 7 nitrogen and oxygen atoms in total. The van der Waals surface area contributed by atoms with Crippen molar-refractivity contribution in [1.82, 2.24) is 5.32 Å². The summed E-state index contributed by atoms with van der Waals surface area (Å²) in [5.41, 5.74) is 2.06. The summed E-state index contributed by atoms with van der Waals surface area (Å²) in [4.78, 5) is 24.1. The van der Waals surface area contributed by atoms with Crippen molar-refractivity contribution >= 4 is 23.2 Å². The van der Waals surface area contributed by atoms with E-state index in [0.717, 1.165) is 24.3 Å². The second-order valence-corrected chi connectivity index (χ2v) is 6.45. The van der Waals surface area contributed by atoms with Gasteiger partial charge in [-0.25, -0.2) is 0 Å². The van der Waals surface area contributed by atoms with E-state index in [0.29, 0.717) is 31.0 Å². The first-order valence-corrected chi connectivity index (χ1v) is 9.76. The highest BCUT2D eigenvalue weighted by atomic mass is 16.5. The topological polar surface area (TPSA) is 88.7 Å². The summed E-state index contributed by atoms with van der Waals surface area (Å²) in [6.07, 6.45) is 2.00. The number of hydrogen-bond acceptors (Lipinski definition) is 5. The summed E-state index contributed by atoms with van der Waals surface area (Å²) in [5, 5.41) is 8.74. The second kappa shape index (κ2) is 12.4. The van der Waals surface area contributed by atoms with Crippen LogP contribution in [0, 0.1) is 0 Å². The van der Waals surface area contributed by atoms with E-state index < -0.39 is 0 Å². The lowest BCUT2D eigenvalue weighted by atomic mass is 10.2. The number of carbonyl (C=O) groups is 2. The van der Waals surface area contributed by atoms with Crippen LogP contribution in [0.2, 0.25) is 0 Å². The monoisotopic (exact) mass is 399 g/mol. The number of methoxy groups -OCH3 is 1. The maximum Gasteiger partial charge on any atom is 0.251 e. The third-order valence-electron chi connectivity index (χ3n) is 4.11. The molecule has 0 bridgehead atoms. The lowest BCUT2D eigenvalue weighted by Crippen LogP contribution is -2.24. The van der Waals surface area contributed by atoms with Crippen LogP contribution >= 0.6 is 0 Å². The maximum absolute atomic E-state index is 12.1. The van der Waals surface area contributed by atoms with Crippen LogP contribution in [0.3, 0.4) is 0 Å². The second-order valence-electron chi connectivity index (χ2n) is 6.45. The van der Waals surface area contributed by atoms with Gasteiger partial charge in [0.2, 0.25) is 5.91 Å². The first kappa shape index (κ1) is 22.2. The fourth-order valence-corrected chi connectivity index (χ4v) is 2.49. The minimum absolute atomic E-state index is 0.0858. The molecule has 7 heteroatoms. The van der Waals surface area contributed by atoms with E-state index in [2.05, 4.69) is 22.9 Å². The number of hydrogen-bond donors (Lipinski definition) is 3.